The second-order valence-corrected chi connectivity index (χ2v) is 8.05. The van der Waals surface area contributed by atoms with Crippen LogP contribution in [0.2, 0.25) is 0 Å². The van der Waals surface area contributed by atoms with Crippen LogP contribution >= 0.6 is 11.3 Å². The number of rotatable bonds is 5. The Balaban J connectivity index is 1.49. The van der Waals surface area contributed by atoms with Crippen molar-refractivity contribution >= 4 is 34.7 Å². The van der Waals surface area contributed by atoms with Crippen LogP contribution in [-0.2, 0) is 16.1 Å². The molecule has 0 radical (unpaired) electrons. The fourth-order valence-corrected chi connectivity index (χ4v) is 4.13. The Hall–Kier alpha value is -3.13. The van der Waals surface area contributed by atoms with Gasteiger partial charge in [-0.2, -0.15) is 0 Å². The van der Waals surface area contributed by atoms with Crippen LogP contribution in [0.3, 0.4) is 0 Å². The van der Waals surface area contributed by atoms with Crippen molar-refractivity contribution < 1.29 is 14.3 Å². The van der Waals surface area contributed by atoms with Gasteiger partial charge in [0.2, 0.25) is 5.91 Å². The van der Waals surface area contributed by atoms with Gasteiger partial charge in [-0.05, 0) is 45.0 Å². The Morgan fingerprint density at radius 2 is 2.10 bits per heavy atom. The van der Waals surface area contributed by atoms with E-state index >= 15 is 0 Å². The average Bonchev–Trinajstić information content (AvgIpc) is 3.37. The number of anilines is 2. The second kappa shape index (κ2) is 7.71. The van der Waals surface area contributed by atoms with Gasteiger partial charge in [0.25, 0.3) is 0 Å². The van der Waals surface area contributed by atoms with Crippen LogP contribution in [0, 0.1) is 20.8 Å². The number of hydrogen-bond donors (Lipinski definition) is 1. The van der Waals surface area contributed by atoms with Crippen molar-refractivity contribution in [2.45, 2.75) is 27.3 Å². The molecule has 0 unspecified atom stereocenters. The molecule has 2 amide bonds. The number of benzene rings is 1. The van der Waals surface area contributed by atoms with Gasteiger partial charge in [-0.3, -0.25) is 9.69 Å². The smallest absolute Gasteiger partial charge is 0.414 e. The number of nitrogens with zero attached hydrogens (tertiary/aromatic N) is 3. The van der Waals surface area contributed by atoms with E-state index in [1.165, 1.54) is 0 Å². The number of aromatic nitrogens is 2. The summed E-state index contributed by atoms with van der Waals surface area (Å²) in [7, 11) is 0. The predicted molar refractivity (Wildman–Crippen MR) is 114 cm³/mol. The molecular formula is C21H22N4O3S. The molecule has 2 aromatic heterocycles. The lowest BCUT2D eigenvalue weighted by molar-refractivity contribution is -0.116. The molecule has 0 atom stereocenters. The van der Waals surface area contributed by atoms with E-state index in [1.54, 1.807) is 22.3 Å². The van der Waals surface area contributed by atoms with Crippen LogP contribution in [0.5, 0.6) is 0 Å². The van der Waals surface area contributed by atoms with Crippen LogP contribution in [0.1, 0.15) is 16.4 Å². The molecule has 1 aliphatic heterocycles. The van der Waals surface area contributed by atoms with Gasteiger partial charge in [-0.25, -0.2) is 9.78 Å². The van der Waals surface area contributed by atoms with E-state index in [-0.39, 0.29) is 18.5 Å². The Bertz CT molecular complexity index is 1090. The van der Waals surface area contributed by atoms with Gasteiger partial charge in [0.05, 0.1) is 17.2 Å². The maximum atomic E-state index is 12.7. The average molecular weight is 410 g/mol. The van der Waals surface area contributed by atoms with E-state index < -0.39 is 0 Å². The van der Waals surface area contributed by atoms with Gasteiger partial charge >= 0.3 is 6.09 Å². The number of hydrogen-bond acceptors (Lipinski definition) is 5. The van der Waals surface area contributed by atoms with Gasteiger partial charge in [0.15, 0.2) is 0 Å². The predicted octanol–water partition coefficient (Wildman–Crippen LogP) is 4.13. The van der Waals surface area contributed by atoms with E-state index in [2.05, 4.69) is 16.4 Å². The van der Waals surface area contributed by atoms with Crippen LogP contribution in [0.4, 0.5) is 16.2 Å². The quantitative estimate of drug-likeness (QED) is 0.686. The minimum Gasteiger partial charge on any atom is -0.447 e. The van der Waals surface area contributed by atoms with E-state index in [4.69, 9.17) is 4.74 Å². The lowest BCUT2D eigenvalue weighted by Crippen LogP contribution is -2.24. The molecule has 7 nitrogen and oxygen atoms in total. The summed E-state index contributed by atoms with van der Waals surface area (Å²) in [6.07, 6.45) is -0.364. The maximum absolute atomic E-state index is 12.7. The number of thiazole rings is 1. The molecule has 3 heterocycles. The first kappa shape index (κ1) is 19.2. The Kier molecular flexibility index (Phi) is 5.10. The molecule has 3 aromatic rings. The molecule has 8 heteroatoms. The number of cyclic esters (lactones) is 1. The molecule has 1 fully saturated rings. The maximum Gasteiger partial charge on any atom is 0.414 e. The third kappa shape index (κ3) is 3.88. The standard InChI is InChI=1S/C21H22N4O3S/c1-13-9-18(19-12-29-15(3)22-19)14(2)25(13)11-20(26)23-16-5-4-6-17(10-16)24-7-8-28-21(24)27/h4-6,9-10,12H,7-8,11H2,1-3H3,(H,23,26). The highest BCUT2D eigenvalue weighted by atomic mass is 32.1. The monoisotopic (exact) mass is 410 g/mol. The molecule has 1 N–H and O–H groups in total. The fraction of sp³-hybridized carbons (Fsp3) is 0.286. The highest BCUT2D eigenvalue weighted by Crippen LogP contribution is 2.28. The van der Waals surface area contributed by atoms with Gasteiger partial charge in [-0.15, -0.1) is 11.3 Å². The summed E-state index contributed by atoms with van der Waals surface area (Å²) in [6.45, 7) is 7.07. The van der Waals surface area contributed by atoms with Gasteiger partial charge in [0.1, 0.15) is 13.2 Å². The molecule has 0 spiro atoms. The van der Waals surface area contributed by atoms with Gasteiger partial charge in [-0.1, -0.05) is 6.07 Å². The van der Waals surface area contributed by atoms with Crippen LogP contribution < -0.4 is 10.2 Å². The normalized spacial score (nSPS) is 13.6. The number of nitrogens with one attached hydrogen (secondary N) is 1. The zero-order valence-corrected chi connectivity index (χ0v) is 17.4. The first-order valence-corrected chi connectivity index (χ1v) is 10.2. The summed E-state index contributed by atoms with van der Waals surface area (Å²) in [5.74, 6) is -0.131. The van der Waals surface area contributed by atoms with Crippen LogP contribution in [-0.4, -0.2) is 34.7 Å². The Labute approximate surface area is 172 Å². The van der Waals surface area contributed by atoms with Crippen molar-refractivity contribution in [3.05, 3.63) is 52.1 Å². The molecule has 1 aromatic carbocycles. The molecule has 29 heavy (non-hydrogen) atoms. The number of amides is 2. The lowest BCUT2D eigenvalue weighted by atomic mass is 10.2. The SMILES string of the molecule is Cc1nc(-c2cc(C)n(CC(=O)Nc3cccc(N4CCOC4=O)c3)c2C)cs1. The third-order valence-electron chi connectivity index (χ3n) is 4.97. The highest BCUT2D eigenvalue weighted by molar-refractivity contribution is 7.09. The Morgan fingerprint density at radius 3 is 2.79 bits per heavy atom. The van der Waals surface area contributed by atoms with Gasteiger partial charge in [0, 0.05) is 33.7 Å². The van der Waals surface area contributed by atoms with Crippen molar-refractivity contribution in [3.8, 4) is 11.3 Å². The first-order chi connectivity index (χ1) is 13.9. The zero-order valence-electron chi connectivity index (χ0n) is 16.6. The summed E-state index contributed by atoms with van der Waals surface area (Å²) in [6, 6.07) is 9.29. The second-order valence-electron chi connectivity index (χ2n) is 6.99. The summed E-state index contributed by atoms with van der Waals surface area (Å²) < 4.78 is 6.97. The molecule has 1 aliphatic rings. The van der Waals surface area contributed by atoms with Crippen molar-refractivity contribution in [1.29, 1.82) is 0 Å². The van der Waals surface area contributed by atoms with Gasteiger partial charge < -0.3 is 14.6 Å². The van der Waals surface area contributed by atoms with E-state index in [0.29, 0.717) is 24.5 Å². The van der Waals surface area contributed by atoms with Crippen LogP contribution in [0.15, 0.2) is 35.7 Å². The van der Waals surface area contributed by atoms with Crippen molar-refractivity contribution in [1.82, 2.24) is 9.55 Å². The number of carbonyl (C=O) groups is 2. The molecule has 1 saturated heterocycles. The lowest BCUT2D eigenvalue weighted by Gasteiger charge is -2.15. The fourth-order valence-electron chi connectivity index (χ4n) is 3.51. The highest BCUT2D eigenvalue weighted by Gasteiger charge is 2.23. The number of ether oxygens (including phenoxy) is 1. The minimum atomic E-state index is -0.364. The molecule has 4 rings (SSSR count). The number of aryl methyl sites for hydroxylation is 2. The number of carbonyl (C=O) groups excluding carboxylic acids is 2. The minimum absolute atomic E-state index is 0.131. The largest absolute Gasteiger partial charge is 0.447 e. The third-order valence-corrected chi connectivity index (χ3v) is 5.75. The van der Waals surface area contributed by atoms with Crippen molar-refractivity contribution in [3.63, 3.8) is 0 Å². The summed E-state index contributed by atoms with van der Waals surface area (Å²) in [4.78, 5) is 30.5. The van der Waals surface area contributed by atoms with E-state index in [0.717, 1.165) is 27.7 Å². The summed E-state index contributed by atoms with van der Waals surface area (Å²) in [5.41, 5.74) is 5.36. The molecule has 0 saturated carbocycles. The molecule has 150 valence electrons. The first-order valence-electron chi connectivity index (χ1n) is 9.36. The summed E-state index contributed by atoms with van der Waals surface area (Å²) >= 11 is 1.61. The molecule has 0 aliphatic carbocycles. The Morgan fingerprint density at radius 1 is 1.28 bits per heavy atom. The van der Waals surface area contributed by atoms with E-state index in [1.807, 2.05) is 48.9 Å². The topological polar surface area (TPSA) is 76.5 Å². The molecular weight excluding hydrogens is 388 g/mol. The zero-order chi connectivity index (χ0) is 20.5. The molecule has 0 bridgehead atoms. The van der Waals surface area contributed by atoms with Crippen LogP contribution in [0.25, 0.3) is 11.3 Å². The van der Waals surface area contributed by atoms with Crippen molar-refractivity contribution in [2.75, 3.05) is 23.4 Å². The van der Waals surface area contributed by atoms with Crippen molar-refractivity contribution in [2.24, 2.45) is 0 Å². The summed E-state index contributed by atoms with van der Waals surface area (Å²) in [5, 5.41) is 5.98. The van der Waals surface area contributed by atoms with E-state index in [9.17, 15) is 9.59 Å².